The first kappa shape index (κ1) is 16.4. The molecule has 1 atom stereocenters. The number of halogens is 1. The molecule has 4 nitrogen and oxygen atoms in total. The molecule has 3 N–H and O–H groups in total. The third kappa shape index (κ3) is 4.49. The number of nitrogens with one attached hydrogen (secondary N) is 1. The minimum atomic E-state index is -0.714. The van der Waals surface area contributed by atoms with Gasteiger partial charge < -0.3 is 15.8 Å². The second kappa shape index (κ2) is 6.22. The molecule has 0 unspecified atom stereocenters. The summed E-state index contributed by atoms with van der Waals surface area (Å²) in [7, 11) is 0. The normalized spacial score (nSPS) is 13.2. The van der Waals surface area contributed by atoms with Gasteiger partial charge in [0.2, 0.25) is 5.91 Å². The Balaban J connectivity index is 2.81. The van der Waals surface area contributed by atoms with Crippen LogP contribution in [0, 0.1) is 11.2 Å². The molecule has 0 saturated carbocycles. The van der Waals surface area contributed by atoms with Crippen LogP contribution in [0.2, 0.25) is 0 Å². The molecule has 0 aliphatic heterocycles. The zero-order valence-electron chi connectivity index (χ0n) is 12.7. The summed E-state index contributed by atoms with van der Waals surface area (Å²) in [4.78, 5) is 11.9. The lowest BCUT2D eigenvalue weighted by atomic mass is 9.87. The van der Waals surface area contributed by atoms with Crippen molar-refractivity contribution in [1.82, 2.24) is 0 Å². The Morgan fingerprint density at radius 2 is 1.95 bits per heavy atom. The molecule has 5 heteroatoms. The molecule has 0 radical (unpaired) electrons. The lowest BCUT2D eigenvalue weighted by Gasteiger charge is -2.25. The number of benzene rings is 1. The third-order valence-electron chi connectivity index (χ3n) is 2.79. The van der Waals surface area contributed by atoms with E-state index in [9.17, 15) is 9.18 Å². The molecule has 20 heavy (non-hydrogen) atoms. The number of hydrogen-bond acceptors (Lipinski definition) is 3. The molecule has 1 amide bonds. The van der Waals surface area contributed by atoms with Gasteiger partial charge in [0.25, 0.3) is 0 Å². The Morgan fingerprint density at radius 1 is 1.35 bits per heavy atom. The summed E-state index contributed by atoms with van der Waals surface area (Å²) in [5.41, 5.74) is 5.54. The van der Waals surface area contributed by atoms with Crippen LogP contribution < -0.4 is 15.8 Å². The molecule has 0 spiro atoms. The van der Waals surface area contributed by atoms with Gasteiger partial charge in [-0.25, -0.2) is 4.39 Å². The number of carbonyl (C=O) groups is 1. The Kier molecular flexibility index (Phi) is 5.11. The van der Waals surface area contributed by atoms with Gasteiger partial charge in [-0.05, 0) is 31.4 Å². The van der Waals surface area contributed by atoms with Crippen molar-refractivity contribution >= 4 is 11.6 Å². The fourth-order valence-electron chi connectivity index (χ4n) is 1.55. The zero-order valence-corrected chi connectivity index (χ0v) is 12.7. The number of amides is 1. The van der Waals surface area contributed by atoms with E-state index in [1.165, 1.54) is 12.1 Å². The van der Waals surface area contributed by atoms with Gasteiger partial charge in [-0.2, -0.15) is 0 Å². The van der Waals surface area contributed by atoms with Crippen molar-refractivity contribution in [3.63, 3.8) is 0 Å². The van der Waals surface area contributed by atoms with Crippen LogP contribution in [-0.2, 0) is 4.79 Å². The van der Waals surface area contributed by atoms with Crippen molar-refractivity contribution in [1.29, 1.82) is 0 Å². The third-order valence-corrected chi connectivity index (χ3v) is 2.79. The van der Waals surface area contributed by atoms with E-state index in [0.29, 0.717) is 5.75 Å². The molecular weight excluding hydrogens is 259 g/mol. The van der Waals surface area contributed by atoms with E-state index in [-0.39, 0.29) is 17.2 Å². The maximum Gasteiger partial charge on any atom is 0.241 e. The number of rotatable bonds is 4. The van der Waals surface area contributed by atoms with E-state index in [4.69, 9.17) is 10.5 Å². The van der Waals surface area contributed by atoms with Crippen molar-refractivity contribution < 1.29 is 13.9 Å². The first-order valence-electron chi connectivity index (χ1n) is 6.64. The van der Waals surface area contributed by atoms with Crippen molar-refractivity contribution in [2.45, 2.75) is 46.8 Å². The highest BCUT2D eigenvalue weighted by molar-refractivity contribution is 5.95. The van der Waals surface area contributed by atoms with Crippen LogP contribution in [0.15, 0.2) is 18.2 Å². The number of carbonyl (C=O) groups excluding carboxylic acids is 1. The zero-order chi connectivity index (χ0) is 15.5. The van der Waals surface area contributed by atoms with E-state index >= 15 is 0 Å². The standard InChI is InChI=1S/C15H23FN2O2/c1-9(2)20-10-6-7-12(11(16)8-10)18-14(19)13(17)15(3,4)5/h6-9,13H,17H2,1-5H3,(H,18,19)/t13-/m1/s1. The van der Waals surface area contributed by atoms with Gasteiger partial charge in [-0.1, -0.05) is 20.8 Å². The van der Waals surface area contributed by atoms with Gasteiger partial charge in [0.1, 0.15) is 11.6 Å². The van der Waals surface area contributed by atoms with Crippen molar-refractivity contribution in [3.8, 4) is 5.75 Å². The lowest BCUT2D eigenvalue weighted by molar-refractivity contribution is -0.119. The number of hydrogen-bond donors (Lipinski definition) is 2. The van der Waals surface area contributed by atoms with Gasteiger partial charge >= 0.3 is 0 Å². The van der Waals surface area contributed by atoms with Crippen LogP contribution in [-0.4, -0.2) is 18.1 Å². The molecule has 0 heterocycles. The van der Waals surface area contributed by atoms with E-state index in [1.54, 1.807) is 6.07 Å². The first-order chi connectivity index (χ1) is 9.11. The topological polar surface area (TPSA) is 64.3 Å². The largest absolute Gasteiger partial charge is 0.491 e. The maximum atomic E-state index is 13.9. The number of ether oxygens (including phenoxy) is 1. The molecule has 1 rings (SSSR count). The Morgan fingerprint density at radius 3 is 2.40 bits per heavy atom. The molecule has 0 saturated heterocycles. The fourth-order valence-corrected chi connectivity index (χ4v) is 1.55. The van der Waals surface area contributed by atoms with Gasteiger partial charge in [-0.15, -0.1) is 0 Å². The number of anilines is 1. The monoisotopic (exact) mass is 282 g/mol. The molecule has 0 fully saturated rings. The quantitative estimate of drug-likeness (QED) is 0.892. The smallest absolute Gasteiger partial charge is 0.241 e. The van der Waals surface area contributed by atoms with Gasteiger partial charge in [0, 0.05) is 6.07 Å². The average molecular weight is 282 g/mol. The summed E-state index contributed by atoms with van der Waals surface area (Å²) in [5.74, 6) is -0.526. The van der Waals surface area contributed by atoms with Crippen LogP contribution in [0.3, 0.4) is 0 Å². The van der Waals surface area contributed by atoms with Gasteiger partial charge in [0.05, 0.1) is 17.8 Å². The van der Waals surface area contributed by atoms with E-state index in [0.717, 1.165) is 0 Å². The fraction of sp³-hybridized carbons (Fsp3) is 0.533. The first-order valence-corrected chi connectivity index (χ1v) is 6.64. The second-order valence-corrected chi connectivity index (χ2v) is 6.14. The molecule has 1 aromatic rings. The SMILES string of the molecule is CC(C)Oc1ccc(NC(=O)[C@@H](N)C(C)(C)C)c(F)c1. The van der Waals surface area contributed by atoms with Gasteiger partial charge in [-0.3, -0.25) is 4.79 Å². The molecular formula is C15H23FN2O2. The van der Waals surface area contributed by atoms with E-state index in [1.807, 2.05) is 34.6 Å². The summed E-state index contributed by atoms with van der Waals surface area (Å²) in [5, 5.41) is 2.50. The summed E-state index contributed by atoms with van der Waals surface area (Å²) in [6, 6.07) is 3.62. The van der Waals surface area contributed by atoms with Crippen LogP contribution in [0.25, 0.3) is 0 Å². The summed E-state index contributed by atoms with van der Waals surface area (Å²) in [6.45, 7) is 9.28. The minimum absolute atomic E-state index is 0.0378. The van der Waals surface area contributed by atoms with Crippen molar-refractivity contribution in [2.75, 3.05) is 5.32 Å². The molecule has 0 aliphatic carbocycles. The Bertz CT molecular complexity index is 481. The molecule has 0 bridgehead atoms. The Labute approximate surface area is 119 Å². The maximum absolute atomic E-state index is 13.9. The highest BCUT2D eigenvalue weighted by atomic mass is 19.1. The van der Waals surface area contributed by atoms with Crippen molar-refractivity contribution in [2.24, 2.45) is 11.1 Å². The van der Waals surface area contributed by atoms with Crippen molar-refractivity contribution in [3.05, 3.63) is 24.0 Å². The highest BCUT2D eigenvalue weighted by Crippen LogP contribution is 2.23. The highest BCUT2D eigenvalue weighted by Gasteiger charge is 2.27. The van der Waals surface area contributed by atoms with Gasteiger partial charge in [0.15, 0.2) is 0 Å². The predicted octanol–water partition coefficient (Wildman–Crippen LogP) is 2.92. The Hall–Kier alpha value is -1.62. The predicted molar refractivity (Wildman–Crippen MR) is 78.2 cm³/mol. The summed E-state index contributed by atoms with van der Waals surface area (Å²) < 4.78 is 19.3. The van der Waals surface area contributed by atoms with Crippen LogP contribution >= 0.6 is 0 Å². The molecule has 0 aliphatic rings. The lowest BCUT2D eigenvalue weighted by Crippen LogP contribution is -2.45. The minimum Gasteiger partial charge on any atom is -0.491 e. The average Bonchev–Trinajstić information content (AvgIpc) is 2.29. The second-order valence-electron chi connectivity index (χ2n) is 6.14. The summed E-state index contributed by atoms with van der Waals surface area (Å²) >= 11 is 0. The van der Waals surface area contributed by atoms with Crippen LogP contribution in [0.5, 0.6) is 5.75 Å². The summed E-state index contributed by atoms with van der Waals surface area (Å²) in [6.07, 6.45) is -0.0378. The molecule has 1 aromatic carbocycles. The molecule has 112 valence electrons. The molecule has 0 aromatic heterocycles. The van der Waals surface area contributed by atoms with E-state index in [2.05, 4.69) is 5.32 Å². The number of nitrogens with two attached hydrogens (primary N) is 1. The van der Waals surface area contributed by atoms with E-state index < -0.39 is 17.8 Å². The van der Waals surface area contributed by atoms with Crippen LogP contribution in [0.4, 0.5) is 10.1 Å². The van der Waals surface area contributed by atoms with Crippen LogP contribution in [0.1, 0.15) is 34.6 Å².